The molecule has 3 aliphatic rings. The molecule has 0 unspecified atom stereocenters. The third-order valence-corrected chi connectivity index (χ3v) is 6.80. The Kier molecular flexibility index (Phi) is 8.65. The smallest absolute Gasteiger partial charge is 0.333 e. The largest absolute Gasteiger partial charge is 0.478 e. The second-order valence-corrected chi connectivity index (χ2v) is 9.47. The van der Waals surface area contributed by atoms with Crippen LogP contribution in [0.25, 0.3) is 0 Å². The molecule has 0 aromatic carbocycles. The number of carbonyl (C=O) groups is 3. The van der Waals surface area contributed by atoms with Crippen LogP contribution in [0.1, 0.15) is 20.3 Å². The van der Waals surface area contributed by atoms with Crippen LogP contribution in [-0.4, -0.2) is 93.3 Å². The van der Waals surface area contributed by atoms with Gasteiger partial charge in [0.15, 0.2) is 12.1 Å². The number of rotatable bonds is 8. The van der Waals surface area contributed by atoms with Crippen LogP contribution in [-0.2, 0) is 28.6 Å². The quantitative estimate of drug-likeness (QED) is 0.213. The van der Waals surface area contributed by atoms with Gasteiger partial charge in [0.25, 0.3) is 0 Å². The van der Waals surface area contributed by atoms with E-state index in [0.717, 1.165) is 0 Å². The van der Waals surface area contributed by atoms with Crippen molar-refractivity contribution in [2.45, 2.75) is 57.1 Å². The van der Waals surface area contributed by atoms with Crippen molar-refractivity contribution >= 4 is 17.7 Å². The van der Waals surface area contributed by atoms with Gasteiger partial charge in [-0.3, -0.25) is 4.79 Å². The van der Waals surface area contributed by atoms with E-state index in [1.54, 1.807) is 13.0 Å². The summed E-state index contributed by atoms with van der Waals surface area (Å²) in [4.78, 5) is 36.9. The maximum absolute atomic E-state index is 12.9. The van der Waals surface area contributed by atoms with Crippen molar-refractivity contribution in [3.05, 3.63) is 47.6 Å². The van der Waals surface area contributed by atoms with E-state index in [0.29, 0.717) is 11.1 Å². The molecule has 0 aromatic heterocycles. The Hall–Kier alpha value is -2.67. The van der Waals surface area contributed by atoms with Crippen LogP contribution in [0.2, 0.25) is 0 Å². The van der Waals surface area contributed by atoms with E-state index in [1.165, 1.54) is 13.0 Å². The maximum Gasteiger partial charge on any atom is 0.333 e. The van der Waals surface area contributed by atoms with Crippen LogP contribution in [0.15, 0.2) is 47.6 Å². The summed E-state index contributed by atoms with van der Waals surface area (Å²) in [6.07, 6.45) is -5.16. The van der Waals surface area contributed by atoms with Crippen LogP contribution in [0.4, 0.5) is 0 Å². The SMILES string of the molecule is C=C(C)C(=O)O[C@H]1C[C@H](C)[C@H]2C(=O)C=C(CO[C@H]3O[C@H](CO)[C@@H](O)[C@H](O)[C@H]3O)C2=C[C@@H]1C(=C)C(=O)O. The minimum Gasteiger partial charge on any atom is -0.478 e. The van der Waals surface area contributed by atoms with E-state index in [4.69, 9.17) is 14.2 Å². The Morgan fingerprint density at radius 3 is 2.42 bits per heavy atom. The van der Waals surface area contributed by atoms with Crippen molar-refractivity contribution in [3.8, 4) is 0 Å². The lowest BCUT2D eigenvalue weighted by molar-refractivity contribution is -0.298. The molecule has 0 amide bonds. The third kappa shape index (κ3) is 5.51. The summed E-state index contributed by atoms with van der Waals surface area (Å²) in [5.74, 6) is -4.13. The molecule has 11 heteroatoms. The van der Waals surface area contributed by atoms with Crippen molar-refractivity contribution in [2.24, 2.45) is 17.8 Å². The van der Waals surface area contributed by atoms with E-state index in [-0.39, 0.29) is 35.9 Å². The summed E-state index contributed by atoms with van der Waals surface area (Å²) in [6.45, 7) is 9.58. The van der Waals surface area contributed by atoms with E-state index in [1.807, 2.05) is 0 Å². The molecule has 0 spiro atoms. The number of ketones is 1. The normalized spacial score (nSPS) is 36.3. The van der Waals surface area contributed by atoms with Gasteiger partial charge in [-0.1, -0.05) is 26.2 Å². The lowest BCUT2D eigenvalue weighted by Gasteiger charge is -2.39. The summed E-state index contributed by atoms with van der Waals surface area (Å²) in [5, 5.41) is 49.1. The van der Waals surface area contributed by atoms with Crippen molar-refractivity contribution in [1.29, 1.82) is 0 Å². The standard InChI is InChI=1S/C25H32O11/c1-10(2)24(33)35-17-5-11(3)19-15(7-14(17)12(4)23(31)32)13(6-16(19)27)9-34-25-22(30)21(29)20(28)18(8-26)36-25/h6-7,11,14,17-22,25-26,28-30H,1,4-5,8-9H2,2-3H3,(H,31,32)/t11-,14+,17-,18+,19+,20+,21-,22+,25-/m0/s1. The average molecular weight is 509 g/mol. The Morgan fingerprint density at radius 1 is 1.17 bits per heavy atom. The number of esters is 1. The molecule has 1 saturated heterocycles. The molecule has 36 heavy (non-hydrogen) atoms. The zero-order chi connectivity index (χ0) is 26.9. The predicted molar refractivity (Wildman–Crippen MR) is 123 cm³/mol. The first kappa shape index (κ1) is 27.9. The molecule has 198 valence electrons. The number of carboxylic acids is 1. The molecule has 0 aromatic rings. The summed E-state index contributed by atoms with van der Waals surface area (Å²) in [5.41, 5.74) is 0.801. The topological polar surface area (TPSA) is 180 Å². The molecule has 5 N–H and O–H groups in total. The molecule has 9 atom stereocenters. The number of fused-ring (bicyclic) bond motifs is 1. The average Bonchev–Trinajstić information content (AvgIpc) is 3.05. The van der Waals surface area contributed by atoms with E-state index >= 15 is 0 Å². The molecule has 1 heterocycles. The fourth-order valence-electron chi connectivity index (χ4n) is 4.77. The maximum atomic E-state index is 12.9. The fourth-order valence-corrected chi connectivity index (χ4v) is 4.77. The number of hydrogen-bond donors (Lipinski definition) is 5. The number of carbonyl (C=O) groups excluding carboxylic acids is 2. The van der Waals surface area contributed by atoms with Crippen LogP contribution < -0.4 is 0 Å². The highest BCUT2D eigenvalue weighted by Gasteiger charge is 2.46. The first-order chi connectivity index (χ1) is 16.9. The van der Waals surface area contributed by atoms with Crippen molar-refractivity contribution < 1.29 is 54.1 Å². The van der Waals surface area contributed by atoms with Crippen LogP contribution in [0.5, 0.6) is 0 Å². The lowest BCUT2D eigenvalue weighted by Crippen LogP contribution is -2.59. The fraction of sp³-hybridized carbons (Fsp3) is 0.560. The summed E-state index contributed by atoms with van der Waals surface area (Å²) < 4.78 is 16.5. The number of carboxylic acid groups (broad SMARTS) is 1. The van der Waals surface area contributed by atoms with Crippen LogP contribution >= 0.6 is 0 Å². The van der Waals surface area contributed by atoms with E-state index in [2.05, 4.69) is 13.2 Å². The van der Waals surface area contributed by atoms with Crippen molar-refractivity contribution in [2.75, 3.05) is 13.2 Å². The van der Waals surface area contributed by atoms with Gasteiger partial charge in [0.05, 0.1) is 13.2 Å². The van der Waals surface area contributed by atoms with Gasteiger partial charge in [-0.15, -0.1) is 0 Å². The summed E-state index contributed by atoms with van der Waals surface area (Å²) in [6, 6.07) is 0. The molecular weight excluding hydrogens is 476 g/mol. The highest BCUT2D eigenvalue weighted by molar-refractivity contribution is 6.00. The monoisotopic (exact) mass is 508 g/mol. The molecule has 0 radical (unpaired) electrons. The van der Waals surface area contributed by atoms with Gasteiger partial charge < -0.3 is 39.7 Å². The number of aliphatic carboxylic acids is 1. The van der Waals surface area contributed by atoms with Crippen molar-refractivity contribution in [3.63, 3.8) is 0 Å². The number of aliphatic hydroxyl groups is 4. The molecule has 0 saturated carbocycles. The summed E-state index contributed by atoms with van der Waals surface area (Å²) >= 11 is 0. The molecule has 1 fully saturated rings. The second kappa shape index (κ2) is 11.2. The molecule has 2 aliphatic carbocycles. The van der Waals surface area contributed by atoms with Crippen molar-refractivity contribution in [1.82, 2.24) is 0 Å². The summed E-state index contributed by atoms with van der Waals surface area (Å²) in [7, 11) is 0. The first-order valence-electron chi connectivity index (χ1n) is 11.5. The zero-order valence-corrected chi connectivity index (χ0v) is 20.1. The molecule has 3 rings (SSSR count). The van der Waals surface area contributed by atoms with Gasteiger partial charge in [0.2, 0.25) is 0 Å². The Balaban J connectivity index is 1.89. The minimum atomic E-state index is -1.63. The Labute approximate surface area is 208 Å². The van der Waals surface area contributed by atoms with Gasteiger partial charge in [0, 0.05) is 23.0 Å². The Morgan fingerprint density at radius 2 is 1.83 bits per heavy atom. The van der Waals surface area contributed by atoms with Gasteiger partial charge >= 0.3 is 11.9 Å². The zero-order valence-electron chi connectivity index (χ0n) is 20.1. The van der Waals surface area contributed by atoms with Gasteiger partial charge in [-0.2, -0.15) is 0 Å². The predicted octanol–water partition coefficient (Wildman–Crippen LogP) is -0.361. The van der Waals surface area contributed by atoms with E-state index in [9.17, 15) is 39.9 Å². The second-order valence-electron chi connectivity index (χ2n) is 9.47. The molecule has 1 aliphatic heterocycles. The molecular formula is C25H32O11. The highest BCUT2D eigenvalue weighted by atomic mass is 16.7. The molecule has 0 bridgehead atoms. The number of allylic oxidation sites excluding steroid dienone is 1. The molecule has 11 nitrogen and oxygen atoms in total. The van der Waals surface area contributed by atoms with Gasteiger partial charge in [-0.05, 0) is 36.5 Å². The van der Waals surface area contributed by atoms with E-state index < -0.39 is 67.2 Å². The number of aliphatic hydroxyl groups excluding tert-OH is 4. The van der Waals surface area contributed by atoms with Crippen LogP contribution in [0.3, 0.4) is 0 Å². The van der Waals surface area contributed by atoms with Gasteiger partial charge in [0.1, 0.15) is 30.5 Å². The lowest BCUT2D eigenvalue weighted by atomic mass is 9.85. The number of hydrogen-bond acceptors (Lipinski definition) is 10. The first-order valence-corrected chi connectivity index (χ1v) is 11.5. The highest BCUT2D eigenvalue weighted by Crippen LogP contribution is 2.43. The minimum absolute atomic E-state index is 0.143. The third-order valence-electron chi connectivity index (χ3n) is 6.80. The van der Waals surface area contributed by atoms with Crippen LogP contribution in [0, 0.1) is 17.8 Å². The Bertz CT molecular complexity index is 994. The number of ether oxygens (including phenoxy) is 3. The van der Waals surface area contributed by atoms with Gasteiger partial charge in [-0.25, -0.2) is 9.59 Å².